The summed E-state index contributed by atoms with van der Waals surface area (Å²) in [6.07, 6.45) is 3.41. The molecule has 0 unspecified atom stereocenters. The van der Waals surface area contributed by atoms with Gasteiger partial charge in [-0.1, -0.05) is 46.1 Å². The summed E-state index contributed by atoms with van der Waals surface area (Å²) in [5, 5.41) is 11.2. The molecule has 0 atom stereocenters. The summed E-state index contributed by atoms with van der Waals surface area (Å²) in [5.74, 6) is 0. The number of nitro groups is 1. The Morgan fingerprint density at radius 3 is 2.60 bits per heavy atom. The fourth-order valence-corrected chi connectivity index (χ4v) is 3.33. The molecule has 0 saturated carbocycles. The van der Waals surface area contributed by atoms with E-state index in [1.54, 1.807) is 16.8 Å². The molecule has 2 aromatic heterocycles. The lowest BCUT2D eigenvalue weighted by molar-refractivity contribution is -0.384. The molecule has 0 bridgehead atoms. The number of rotatable bonds is 2. The van der Waals surface area contributed by atoms with Gasteiger partial charge in [0.1, 0.15) is 9.36 Å². The lowest BCUT2D eigenvalue weighted by Gasteiger charge is -2.02. The summed E-state index contributed by atoms with van der Waals surface area (Å²) < 4.78 is 2.34. The number of aromatic nitrogens is 2. The molecule has 20 heavy (non-hydrogen) atoms. The highest BCUT2D eigenvalue weighted by molar-refractivity contribution is 7.20. The topological polar surface area (TPSA) is 60.4 Å². The van der Waals surface area contributed by atoms with Crippen LogP contribution in [0.25, 0.3) is 16.2 Å². The van der Waals surface area contributed by atoms with Crippen molar-refractivity contribution in [3.63, 3.8) is 0 Å². The molecule has 3 rings (SSSR count). The molecule has 0 fully saturated rings. The summed E-state index contributed by atoms with van der Waals surface area (Å²) in [7, 11) is 0. The van der Waals surface area contributed by atoms with Crippen molar-refractivity contribution in [1.29, 1.82) is 0 Å². The van der Waals surface area contributed by atoms with Crippen molar-refractivity contribution >= 4 is 56.8 Å². The van der Waals surface area contributed by atoms with Gasteiger partial charge in [0, 0.05) is 24.0 Å². The zero-order chi connectivity index (χ0) is 14.4. The van der Waals surface area contributed by atoms with E-state index in [-0.39, 0.29) is 10.7 Å². The van der Waals surface area contributed by atoms with Crippen LogP contribution in [-0.4, -0.2) is 14.3 Å². The van der Waals surface area contributed by atoms with E-state index in [2.05, 4.69) is 4.98 Å². The van der Waals surface area contributed by atoms with Gasteiger partial charge in [0.05, 0.1) is 15.6 Å². The van der Waals surface area contributed by atoms with E-state index in [4.69, 9.17) is 34.8 Å². The number of nitrogens with zero attached hydrogens (tertiary/aromatic N) is 3. The molecule has 1 aromatic carbocycles. The fourth-order valence-electron chi connectivity index (χ4n) is 1.77. The van der Waals surface area contributed by atoms with Crippen molar-refractivity contribution in [1.82, 2.24) is 9.38 Å². The Bertz CT molecular complexity index is 811. The number of hydrogen-bond donors (Lipinski definition) is 0. The Kier molecular flexibility index (Phi) is 3.33. The van der Waals surface area contributed by atoms with Gasteiger partial charge in [-0.15, -0.1) is 0 Å². The summed E-state index contributed by atoms with van der Waals surface area (Å²) in [4.78, 5) is 15.4. The fraction of sp³-hybridized carbons (Fsp3) is 0. The Hall–Kier alpha value is -1.34. The molecule has 9 heteroatoms. The van der Waals surface area contributed by atoms with Crippen LogP contribution in [0, 0.1) is 10.1 Å². The summed E-state index contributed by atoms with van der Waals surface area (Å²) in [6, 6.07) is 2.66. The monoisotopic (exact) mass is 347 g/mol. The van der Waals surface area contributed by atoms with E-state index in [9.17, 15) is 10.1 Å². The summed E-state index contributed by atoms with van der Waals surface area (Å²) in [5.41, 5.74) is 0.771. The number of halogens is 3. The van der Waals surface area contributed by atoms with Crippen molar-refractivity contribution in [3.05, 3.63) is 49.0 Å². The predicted octanol–water partition coefficient (Wildman–Crippen LogP) is 4.93. The third-order valence-corrected chi connectivity index (χ3v) is 4.37. The number of imidazole rings is 1. The average molecular weight is 349 g/mol. The largest absolute Gasteiger partial charge is 0.296 e. The van der Waals surface area contributed by atoms with Crippen LogP contribution in [0.15, 0.2) is 24.5 Å². The van der Waals surface area contributed by atoms with Crippen LogP contribution in [-0.2, 0) is 0 Å². The van der Waals surface area contributed by atoms with Gasteiger partial charge in [-0.3, -0.25) is 14.5 Å². The highest BCUT2D eigenvalue weighted by Gasteiger charge is 2.19. The van der Waals surface area contributed by atoms with Crippen molar-refractivity contribution in [3.8, 4) is 11.3 Å². The molecular formula is C11H4Cl3N3O2S. The van der Waals surface area contributed by atoms with E-state index >= 15 is 0 Å². The number of hydrogen-bond acceptors (Lipinski definition) is 4. The first-order valence-corrected chi connectivity index (χ1v) is 7.18. The van der Waals surface area contributed by atoms with Gasteiger partial charge < -0.3 is 0 Å². The lowest BCUT2D eigenvalue weighted by Crippen LogP contribution is -1.91. The predicted molar refractivity (Wildman–Crippen MR) is 80.2 cm³/mol. The second-order valence-corrected chi connectivity index (χ2v) is 6.35. The van der Waals surface area contributed by atoms with Gasteiger partial charge in [-0.05, 0) is 6.07 Å². The van der Waals surface area contributed by atoms with Crippen LogP contribution in [0.1, 0.15) is 0 Å². The first-order chi connectivity index (χ1) is 9.45. The molecule has 0 amide bonds. The van der Waals surface area contributed by atoms with Gasteiger partial charge in [-0.25, -0.2) is 4.98 Å². The van der Waals surface area contributed by atoms with Gasteiger partial charge in [-0.2, -0.15) is 0 Å². The van der Waals surface area contributed by atoms with E-state index in [0.29, 0.717) is 25.6 Å². The lowest BCUT2D eigenvalue weighted by atomic mass is 10.1. The molecule has 0 aliphatic carbocycles. The first kappa shape index (κ1) is 13.6. The number of benzene rings is 1. The van der Waals surface area contributed by atoms with E-state index in [0.717, 1.165) is 0 Å². The standard InChI is InChI=1S/C11H4Cl3N3O2S/c12-6-2-7(13)9(17(18)19)1-5(6)8-3-16-4-10(14)20-11(16)15-8/h1-4H. The average Bonchev–Trinajstić information content (AvgIpc) is 2.85. The molecule has 102 valence electrons. The summed E-state index contributed by atoms with van der Waals surface area (Å²) in [6.45, 7) is 0. The normalized spacial score (nSPS) is 11.2. The molecule has 3 aromatic rings. The molecule has 5 nitrogen and oxygen atoms in total. The third kappa shape index (κ3) is 2.25. The van der Waals surface area contributed by atoms with E-state index in [1.807, 2.05) is 0 Å². The van der Waals surface area contributed by atoms with Crippen LogP contribution in [0.4, 0.5) is 5.69 Å². The van der Waals surface area contributed by atoms with Gasteiger partial charge in [0.15, 0.2) is 4.96 Å². The second kappa shape index (κ2) is 4.89. The van der Waals surface area contributed by atoms with E-state index < -0.39 is 4.92 Å². The van der Waals surface area contributed by atoms with Gasteiger partial charge in [0.25, 0.3) is 5.69 Å². The van der Waals surface area contributed by atoms with Crippen molar-refractivity contribution in [2.45, 2.75) is 0 Å². The highest BCUT2D eigenvalue weighted by Crippen LogP contribution is 2.37. The first-order valence-electron chi connectivity index (χ1n) is 5.23. The van der Waals surface area contributed by atoms with Crippen LogP contribution >= 0.6 is 46.1 Å². The Morgan fingerprint density at radius 2 is 1.95 bits per heavy atom. The maximum atomic E-state index is 10.9. The second-order valence-electron chi connectivity index (χ2n) is 3.89. The SMILES string of the molecule is O=[N+]([O-])c1cc(-c2cn3cc(Cl)sc3n2)c(Cl)cc1Cl. The number of fused-ring (bicyclic) bond motifs is 1. The number of nitro benzene ring substituents is 1. The maximum absolute atomic E-state index is 10.9. The number of thiazole rings is 1. The van der Waals surface area contributed by atoms with Crippen molar-refractivity contribution in [2.24, 2.45) is 0 Å². The quantitative estimate of drug-likeness (QED) is 0.487. The van der Waals surface area contributed by atoms with Gasteiger partial charge in [0.2, 0.25) is 0 Å². The Labute approximate surface area is 131 Å². The Balaban J connectivity index is 2.19. The maximum Gasteiger partial charge on any atom is 0.288 e. The minimum Gasteiger partial charge on any atom is -0.296 e. The molecule has 2 heterocycles. The zero-order valence-corrected chi connectivity index (χ0v) is 12.6. The third-order valence-electron chi connectivity index (χ3n) is 2.64. The van der Waals surface area contributed by atoms with Crippen LogP contribution in [0.2, 0.25) is 14.4 Å². The Morgan fingerprint density at radius 1 is 1.20 bits per heavy atom. The molecule has 0 N–H and O–H groups in total. The van der Waals surface area contributed by atoms with Crippen LogP contribution in [0.3, 0.4) is 0 Å². The van der Waals surface area contributed by atoms with Gasteiger partial charge >= 0.3 is 0 Å². The molecule has 0 saturated heterocycles. The summed E-state index contributed by atoms with van der Waals surface area (Å²) >= 11 is 19.1. The van der Waals surface area contributed by atoms with E-state index in [1.165, 1.54) is 23.5 Å². The highest BCUT2D eigenvalue weighted by atomic mass is 35.5. The molecule has 0 radical (unpaired) electrons. The molecule has 0 aliphatic rings. The minimum absolute atomic E-state index is 0.00665. The smallest absolute Gasteiger partial charge is 0.288 e. The molecular weight excluding hydrogens is 345 g/mol. The minimum atomic E-state index is -0.558. The zero-order valence-electron chi connectivity index (χ0n) is 9.51. The van der Waals surface area contributed by atoms with Crippen LogP contribution in [0.5, 0.6) is 0 Å². The van der Waals surface area contributed by atoms with Crippen molar-refractivity contribution in [2.75, 3.05) is 0 Å². The molecule has 0 aliphatic heterocycles. The molecule has 0 spiro atoms. The van der Waals surface area contributed by atoms with Crippen LogP contribution < -0.4 is 0 Å². The van der Waals surface area contributed by atoms with Crippen molar-refractivity contribution < 1.29 is 4.92 Å².